The summed E-state index contributed by atoms with van der Waals surface area (Å²) < 4.78 is 5.47. The van der Waals surface area contributed by atoms with Crippen molar-refractivity contribution in [2.45, 2.75) is 6.61 Å². The fraction of sp³-hybridized carbons (Fsp3) is 0.222. The first-order chi connectivity index (χ1) is 6.33. The van der Waals surface area contributed by atoms with Crippen LogP contribution in [0, 0.1) is 0 Å². The van der Waals surface area contributed by atoms with Crippen molar-refractivity contribution in [2.75, 3.05) is 4.55 Å². The van der Waals surface area contributed by atoms with Crippen molar-refractivity contribution in [3.05, 3.63) is 35.9 Å². The zero-order valence-electron chi connectivity index (χ0n) is 7.00. The van der Waals surface area contributed by atoms with Gasteiger partial charge in [-0.15, -0.1) is 0 Å². The Morgan fingerprint density at radius 1 is 1.38 bits per heavy atom. The molecule has 0 saturated carbocycles. The number of hydrogen-bond donors (Lipinski definition) is 1. The number of carbonyl (C=O) groups excluding carboxylic acids is 1. The van der Waals surface area contributed by atoms with Gasteiger partial charge in [0.15, 0.2) is 0 Å². The van der Waals surface area contributed by atoms with Crippen LogP contribution in [0.5, 0.6) is 0 Å². The molecule has 0 bridgehead atoms. The van der Waals surface area contributed by atoms with Crippen LogP contribution in [0.4, 0.5) is 4.79 Å². The molecule has 1 aromatic carbocycles. The van der Waals surface area contributed by atoms with Gasteiger partial charge in [-0.2, -0.15) is 0 Å². The van der Waals surface area contributed by atoms with E-state index in [0.29, 0.717) is 11.2 Å². The Morgan fingerprint density at radius 3 is 2.69 bits per heavy atom. The number of rotatable bonds is 3. The normalized spacial score (nSPS) is 9.31. The van der Waals surface area contributed by atoms with E-state index in [9.17, 15) is 4.79 Å². The molecule has 0 fully saturated rings. The Labute approximate surface area is 90.6 Å². The first kappa shape index (κ1) is 10.3. The lowest BCUT2D eigenvalue weighted by Gasteiger charge is -2.03. The van der Waals surface area contributed by atoms with Crippen molar-refractivity contribution >= 4 is 28.7 Å². The number of amides is 1. The molecule has 0 unspecified atom stereocenters. The lowest BCUT2D eigenvalue weighted by Crippen LogP contribution is -2.22. The number of alkyl halides is 1. The molecule has 1 rings (SSSR count). The fourth-order valence-corrected chi connectivity index (χ4v) is 1.14. The molecule has 0 aliphatic rings. The molecule has 3 nitrogen and oxygen atoms in total. The number of carbonyl (C=O) groups is 1. The number of halogens is 1. The number of ether oxygens (including phenoxy) is 1. The van der Waals surface area contributed by atoms with E-state index in [1.807, 2.05) is 52.9 Å². The number of hydrogen-bond acceptors (Lipinski definition) is 2. The highest BCUT2D eigenvalue weighted by Crippen LogP contribution is 2.00. The summed E-state index contributed by atoms with van der Waals surface area (Å²) in [5.41, 5.74) is 0.992. The molecule has 0 spiro atoms. The van der Waals surface area contributed by atoms with E-state index in [2.05, 4.69) is 5.32 Å². The summed E-state index contributed by atoms with van der Waals surface area (Å²) in [5, 5.41) is 2.54. The molecule has 1 N–H and O–H groups in total. The van der Waals surface area contributed by atoms with Gasteiger partial charge in [0.05, 0.1) is 4.55 Å². The quantitative estimate of drug-likeness (QED) is 0.527. The van der Waals surface area contributed by atoms with Crippen LogP contribution in [-0.4, -0.2) is 10.6 Å². The first-order valence-electron chi connectivity index (χ1n) is 3.83. The molecule has 0 radical (unpaired) electrons. The van der Waals surface area contributed by atoms with Gasteiger partial charge >= 0.3 is 6.09 Å². The monoisotopic (exact) mass is 291 g/mol. The Hall–Kier alpha value is -0.780. The summed E-state index contributed by atoms with van der Waals surface area (Å²) in [6, 6.07) is 9.58. The lowest BCUT2D eigenvalue weighted by molar-refractivity contribution is 0.141. The Balaban J connectivity index is 2.31. The Morgan fingerprint density at radius 2 is 2.08 bits per heavy atom. The number of alkyl carbamates (subject to hydrolysis) is 1. The van der Waals surface area contributed by atoms with Crippen molar-refractivity contribution in [3.8, 4) is 0 Å². The molecular formula is C9H10INO2. The summed E-state index contributed by atoms with van der Waals surface area (Å²) in [6.45, 7) is 0.323. The van der Waals surface area contributed by atoms with Crippen LogP contribution >= 0.6 is 22.6 Å². The summed E-state index contributed by atoms with van der Waals surface area (Å²) in [5.74, 6) is 0. The van der Waals surface area contributed by atoms with E-state index in [0.717, 1.165) is 5.56 Å². The predicted octanol–water partition coefficient (Wildman–Crippen LogP) is 2.31. The highest BCUT2D eigenvalue weighted by atomic mass is 127. The smallest absolute Gasteiger partial charge is 0.408 e. The summed E-state index contributed by atoms with van der Waals surface area (Å²) in [6.07, 6.45) is -0.377. The van der Waals surface area contributed by atoms with Crippen LogP contribution in [0.3, 0.4) is 0 Å². The standard InChI is InChI=1S/C9H10INO2/c10-7-11-9(12)13-6-8-4-2-1-3-5-8/h1-5H,6-7H2,(H,11,12). The van der Waals surface area contributed by atoms with Crippen LogP contribution in [0.15, 0.2) is 30.3 Å². The van der Waals surface area contributed by atoms with Crippen LogP contribution in [0.25, 0.3) is 0 Å². The van der Waals surface area contributed by atoms with Crippen molar-refractivity contribution < 1.29 is 9.53 Å². The highest BCUT2D eigenvalue weighted by Gasteiger charge is 1.99. The van der Waals surface area contributed by atoms with E-state index in [1.165, 1.54) is 0 Å². The van der Waals surface area contributed by atoms with E-state index in [-0.39, 0.29) is 6.09 Å². The largest absolute Gasteiger partial charge is 0.445 e. The maximum Gasteiger partial charge on any atom is 0.408 e. The molecule has 1 amide bonds. The Bertz CT molecular complexity index is 264. The third-order valence-electron chi connectivity index (χ3n) is 1.42. The maximum atomic E-state index is 10.9. The molecule has 0 aliphatic heterocycles. The van der Waals surface area contributed by atoms with Gasteiger partial charge in [0.1, 0.15) is 6.61 Å². The van der Waals surface area contributed by atoms with Crippen LogP contribution in [0.2, 0.25) is 0 Å². The molecular weight excluding hydrogens is 281 g/mol. The van der Waals surface area contributed by atoms with Crippen LogP contribution in [0.1, 0.15) is 5.56 Å². The number of benzene rings is 1. The van der Waals surface area contributed by atoms with Gasteiger partial charge in [-0.25, -0.2) is 4.79 Å². The van der Waals surface area contributed by atoms with E-state index >= 15 is 0 Å². The second kappa shape index (κ2) is 5.80. The predicted molar refractivity (Wildman–Crippen MR) is 58.6 cm³/mol. The maximum absolute atomic E-state index is 10.9. The molecule has 13 heavy (non-hydrogen) atoms. The van der Waals surface area contributed by atoms with Gasteiger partial charge in [-0.05, 0) is 5.56 Å². The van der Waals surface area contributed by atoms with E-state index < -0.39 is 0 Å². The minimum Gasteiger partial charge on any atom is -0.445 e. The lowest BCUT2D eigenvalue weighted by atomic mass is 10.2. The van der Waals surface area contributed by atoms with Gasteiger partial charge in [0.25, 0.3) is 0 Å². The average Bonchev–Trinajstić information content (AvgIpc) is 2.17. The number of nitrogens with one attached hydrogen (secondary N) is 1. The molecule has 0 aromatic heterocycles. The van der Waals surface area contributed by atoms with Gasteiger partial charge in [0, 0.05) is 0 Å². The van der Waals surface area contributed by atoms with E-state index in [1.54, 1.807) is 0 Å². The third-order valence-corrected chi connectivity index (χ3v) is 1.81. The molecule has 0 aliphatic carbocycles. The highest BCUT2D eigenvalue weighted by molar-refractivity contribution is 14.1. The minimum absolute atomic E-state index is 0.323. The van der Waals surface area contributed by atoms with Crippen molar-refractivity contribution in [1.29, 1.82) is 0 Å². The van der Waals surface area contributed by atoms with Gasteiger partial charge in [-0.1, -0.05) is 52.9 Å². The SMILES string of the molecule is O=C(NCI)OCc1ccccc1. The molecule has 1 aromatic rings. The summed E-state index contributed by atoms with van der Waals surface area (Å²) >= 11 is 2.05. The first-order valence-corrected chi connectivity index (χ1v) is 5.36. The Kier molecular flexibility index (Phi) is 4.59. The average molecular weight is 291 g/mol. The fourth-order valence-electron chi connectivity index (χ4n) is 0.829. The second-order valence-corrected chi connectivity index (χ2v) is 3.13. The zero-order chi connectivity index (χ0) is 9.52. The van der Waals surface area contributed by atoms with Crippen molar-refractivity contribution in [2.24, 2.45) is 0 Å². The summed E-state index contributed by atoms with van der Waals surface area (Å²) in [4.78, 5) is 10.9. The minimum atomic E-state index is -0.377. The van der Waals surface area contributed by atoms with Gasteiger partial charge < -0.3 is 10.1 Å². The topological polar surface area (TPSA) is 38.3 Å². The third kappa shape index (κ3) is 4.12. The van der Waals surface area contributed by atoms with Gasteiger partial charge in [0.2, 0.25) is 0 Å². The van der Waals surface area contributed by atoms with Crippen LogP contribution < -0.4 is 5.32 Å². The summed E-state index contributed by atoms with van der Waals surface area (Å²) in [7, 11) is 0. The van der Waals surface area contributed by atoms with E-state index in [4.69, 9.17) is 4.74 Å². The zero-order valence-corrected chi connectivity index (χ0v) is 9.15. The van der Waals surface area contributed by atoms with Crippen molar-refractivity contribution in [3.63, 3.8) is 0 Å². The molecule has 4 heteroatoms. The van der Waals surface area contributed by atoms with Crippen molar-refractivity contribution in [1.82, 2.24) is 5.32 Å². The second-order valence-electron chi connectivity index (χ2n) is 2.37. The molecule has 0 saturated heterocycles. The molecule has 70 valence electrons. The molecule has 0 atom stereocenters. The molecule has 0 heterocycles. The van der Waals surface area contributed by atoms with Crippen LogP contribution in [-0.2, 0) is 11.3 Å². The van der Waals surface area contributed by atoms with Gasteiger partial charge in [-0.3, -0.25) is 0 Å².